The molecule has 0 radical (unpaired) electrons. The number of aliphatic hydroxyl groups is 1. The fourth-order valence-electron chi connectivity index (χ4n) is 0.675. The van der Waals surface area contributed by atoms with Gasteiger partial charge in [0.1, 0.15) is 0 Å². The fourth-order valence-corrected chi connectivity index (χ4v) is 1.69. The van der Waals surface area contributed by atoms with Crippen molar-refractivity contribution in [2.75, 3.05) is 6.61 Å². The third-order valence-corrected chi connectivity index (χ3v) is 2.86. The summed E-state index contributed by atoms with van der Waals surface area (Å²) in [5, 5.41) is 8.39. The van der Waals surface area contributed by atoms with Crippen LogP contribution in [0, 0.1) is 5.92 Å². The van der Waals surface area contributed by atoms with Crippen molar-refractivity contribution in [3.63, 3.8) is 0 Å². The zero-order valence-electron chi connectivity index (χ0n) is 4.10. The third-order valence-electron chi connectivity index (χ3n) is 1.34. The van der Waals surface area contributed by atoms with Gasteiger partial charge in [-0.05, 0) is 18.8 Å². The largest absolute Gasteiger partial charge is 0.396 e. The molecule has 0 aromatic heterocycles. The van der Waals surface area contributed by atoms with E-state index in [1.165, 1.54) is 6.42 Å². The van der Waals surface area contributed by atoms with Gasteiger partial charge in [0.2, 0.25) is 0 Å². The first kappa shape index (κ1) is 5.82. The summed E-state index contributed by atoms with van der Waals surface area (Å²) in [6.45, 7) is 0.379. The summed E-state index contributed by atoms with van der Waals surface area (Å²) in [4.78, 5) is 0. The molecule has 1 rings (SSSR count). The van der Waals surface area contributed by atoms with Gasteiger partial charge in [0.15, 0.2) is 0 Å². The van der Waals surface area contributed by atoms with Crippen LogP contribution < -0.4 is 0 Å². The molecular formula is C5H9IO. The molecule has 1 aliphatic carbocycles. The van der Waals surface area contributed by atoms with Gasteiger partial charge >= 0.3 is 0 Å². The van der Waals surface area contributed by atoms with Crippen LogP contribution in [0.4, 0.5) is 0 Å². The second-order valence-electron chi connectivity index (χ2n) is 2.02. The normalized spacial score (nSPS) is 38.6. The van der Waals surface area contributed by atoms with E-state index >= 15 is 0 Å². The van der Waals surface area contributed by atoms with Gasteiger partial charge < -0.3 is 5.11 Å². The van der Waals surface area contributed by atoms with E-state index in [1.54, 1.807) is 0 Å². The Balaban J connectivity index is 1.98. The minimum Gasteiger partial charge on any atom is -0.396 e. The van der Waals surface area contributed by atoms with Gasteiger partial charge in [-0.2, -0.15) is 0 Å². The highest BCUT2D eigenvalue weighted by molar-refractivity contribution is 14.1. The summed E-state index contributed by atoms with van der Waals surface area (Å²) in [6, 6.07) is 0. The van der Waals surface area contributed by atoms with Gasteiger partial charge in [-0.1, -0.05) is 22.6 Å². The monoisotopic (exact) mass is 212 g/mol. The van der Waals surface area contributed by atoms with Crippen molar-refractivity contribution in [2.24, 2.45) is 5.92 Å². The van der Waals surface area contributed by atoms with Crippen LogP contribution in [0.5, 0.6) is 0 Å². The molecule has 7 heavy (non-hydrogen) atoms. The lowest BCUT2D eigenvalue weighted by Crippen LogP contribution is -1.84. The zero-order valence-corrected chi connectivity index (χ0v) is 6.26. The first-order chi connectivity index (χ1) is 3.34. The van der Waals surface area contributed by atoms with Crippen molar-refractivity contribution in [1.29, 1.82) is 0 Å². The Labute approximate surface area is 57.2 Å². The lowest BCUT2D eigenvalue weighted by atomic mass is 10.3. The van der Waals surface area contributed by atoms with E-state index in [0.29, 0.717) is 6.61 Å². The molecule has 1 fully saturated rings. The Morgan fingerprint density at radius 1 is 1.71 bits per heavy atom. The molecule has 1 aliphatic rings. The number of rotatable bonds is 2. The number of hydrogen-bond donors (Lipinski definition) is 1. The second-order valence-corrected chi connectivity index (χ2v) is 3.62. The molecule has 42 valence electrons. The van der Waals surface area contributed by atoms with Crippen molar-refractivity contribution >= 4 is 22.6 Å². The topological polar surface area (TPSA) is 20.2 Å². The van der Waals surface area contributed by atoms with Crippen LogP contribution in [0.2, 0.25) is 0 Å². The molecule has 2 atom stereocenters. The summed E-state index contributed by atoms with van der Waals surface area (Å²) in [5.74, 6) is 0.852. The molecule has 0 heterocycles. The van der Waals surface area contributed by atoms with Gasteiger partial charge in [0, 0.05) is 10.5 Å². The lowest BCUT2D eigenvalue weighted by molar-refractivity contribution is 0.280. The molecular weight excluding hydrogens is 203 g/mol. The maximum atomic E-state index is 8.39. The van der Waals surface area contributed by atoms with E-state index in [0.717, 1.165) is 16.3 Å². The van der Waals surface area contributed by atoms with Crippen LogP contribution in [0.15, 0.2) is 0 Å². The summed E-state index contributed by atoms with van der Waals surface area (Å²) in [7, 11) is 0. The maximum absolute atomic E-state index is 8.39. The van der Waals surface area contributed by atoms with Gasteiger partial charge in [-0.15, -0.1) is 0 Å². The van der Waals surface area contributed by atoms with Gasteiger partial charge in [-0.25, -0.2) is 0 Å². The third kappa shape index (κ3) is 1.57. The fraction of sp³-hybridized carbons (Fsp3) is 1.00. The maximum Gasteiger partial charge on any atom is 0.0434 e. The minimum absolute atomic E-state index is 0.379. The lowest BCUT2D eigenvalue weighted by Gasteiger charge is -1.85. The molecule has 1 N–H and O–H groups in total. The Hall–Kier alpha value is 0.690. The van der Waals surface area contributed by atoms with E-state index < -0.39 is 0 Å². The number of alkyl halides is 1. The molecule has 0 amide bonds. The van der Waals surface area contributed by atoms with Crippen LogP contribution >= 0.6 is 22.6 Å². The molecule has 0 aromatic carbocycles. The van der Waals surface area contributed by atoms with E-state index in [4.69, 9.17) is 5.11 Å². The highest BCUT2D eigenvalue weighted by Crippen LogP contribution is 2.40. The van der Waals surface area contributed by atoms with Crippen LogP contribution in [0.1, 0.15) is 12.8 Å². The molecule has 0 spiro atoms. The van der Waals surface area contributed by atoms with E-state index in [9.17, 15) is 0 Å². The molecule has 2 unspecified atom stereocenters. The Kier molecular flexibility index (Phi) is 1.92. The van der Waals surface area contributed by atoms with Crippen molar-refractivity contribution in [3.8, 4) is 0 Å². The van der Waals surface area contributed by atoms with Gasteiger partial charge in [0.25, 0.3) is 0 Å². The smallest absolute Gasteiger partial charge is 0.0434 e. The Morgan fingerprint density at radius 2 is 2.29 bits per heavy atom. The second kappa shape index (κ2) is 2.31. The van der Waals surface area contributed by atoms with Crippen LogP contribution in [0.25, 0.3) is 0 Å². The van der Waals surface area contributed by atoms with E-state index in [-0.39, 0.29) is 0 Å². The number of halogens is 1. The van der Waals surface area contributed by atoms with Crippen molar-refractivity contribution in [2.45, 2.75) is 16.8 Å². The van der Waals surface area contributed by atoms with E-state index in [2.05, 4.69) is 22.6 Å². The van der Waals surface area contributed by atoms with Crippen LogP contribution in [0.3, 0.4) is 0 Å². The zero-order chi connectivity index (χ0) is 5.28. The highest BCUT2D eigenvalue weighted by Gasteiger charge is 2.33. The van der Waals surface area contributed by atoms with Crippen molar-refractivity contribution in [1.82, 2.24) is 0 Å². The highest BCUT2D eigenvalue weighted by atomic mass is 127. The predicted molar refractivity (Wildman–Crippen MR) is 37.6 cm³/mol. The van der Waals surface area contributed by atoms with Crippen molar-refractivity contribution < 1.29 is 5.11 Å². The van der Waals surface area contributed by atoms with Gasteiger partial charge in [0.05, 0.1) is 0 Å². The molecule has 2 heteroatoms. The van der Waals surface area contributed by atoms with Crippen LogP contribution in [-0.2, 0) is 0 Å². The quantitative estimate of drug-likeness (QED) is 0.538. The SMILES string of the molecule is OCCC1CC1I. The molecule has 1 nitrogen and oxygen atoms in total. The molecule has 0 aliphatic heterocycles. The Morgan fingerprint density at radius 3 is 2.43 bits per heavy atom. The first-order valence-electron chi connectivity index (χ1n) is 2.59. The van der Waals surface area contributed by atoms with Crippen molar-refractivity contribution in [3.05, 3.63) is 0 Å². The van der Waals surface area contributed by atoms with Gasteiger partial charge in [-0.3, -0.25) is 0 Å². The molecule has 0 bridgehead atoms. The summed E-state index contributed by atoms with van der Waals surface area (Å²) < 4.78 is 0.879. The summed E-state index contributed by atoms with van der Waals surface area (Å²) >= 11 is 2.43. The minimum atomic E-state index is 0.379. The Bertz CT molecular complexity index is 65.1. The summed E-state index contributed by atoms with van der Waals surface area (Å²) in [6.07, 6.45) is 2.36. The van der Waals surface area contributed by atoms with E-state index in [1.807, 2.05) is 0 Å². The molecule has 0 saturated heterocycles. The predicted octanol–water partition coefficient (Wildman–Crippen LogP) is 1.19. The van der Waals surface area contributed by atoms with Crippen LogP contribution in [-0.4, -0.2) is 15.6 Å². The standard InChI is InChI=1S/C5H9IO/c6-5-3-4(5)1-2-7/h4-5,7H,1-3H2. The average molecular weight is 212 g/mol. The number of hydrogen-bond acceptors (Lipinski definition) is 1. The average Bonchev–Trinajstić information content (AvgIpc) is 2.22. The number of aliphatic hydroxyl groups excluding tert-OH is 1. The molecule has 1 saturated carbocycles. The molecule has 0 aromatic rings. The first-order valence-corrected chi connectivity index (χ1v) is 3.84. The summed E-state index contributed by atoms with van der Waals surface area (Å²) in [5.41, 5.74) is 0.